The quantitative estimate of drug-likeness (QED) is 0.845. The van der Waals surface area contributed by atoms with Gasteiger partial charge < -0.3 is 15.2 Å². The molecule has 0 saturated heterocycles. The summed E-state index contributed by atoms with van der Waals surface area (Å²) in [5.41, 5.74) is 0.673. The van der Waals surface area contributed by atoms with Crippen LogP contribution in [0.5, 0.6) is 11.5 Å². The molecule has 1 unspecified atom stereocenters. The molecule has 2 rings (SSSR count). The number of aromatic hydroxyl groups is 1. The fraction of sp³-hybridized carbons (Fsp3) is 0.333. The monoisotopic (exact) mass is 269 g/mol. The van der Waals surface area contributed by atoms with E-state index in [1.54, 1.807) is 31.4 Å². The molecule has 1 aliphatic heterocycles. The highest BCUT2D eigenvalue weighted by atomic mass is 32.2. The summed E-state index contributed by atoms with van der Waals surface area (Å²) < 4.78 is 27.5. The Labute approximate surface area is 106 Å². The van der Waals surface area contributed by atoms with Gasteiger partial charge in [-0.3, -0.25) is 0 Å². The summed E-state index contributed by atoms with van der Waals surface area (Å²) in [5, 5.41) is 14.0. The third kappa shape index (κ3) is 3.02. The fourth-order valence-corrected chi connectivity index (χ4v) is 3.04. The van der Waals surface area contributed by atoms with Crippen LogP contribution in [0, 0.1) is 0 Å². The van der Waals surface area contributed by atoms with Crippen molar-refractivity contribution in [3.05, 3.63) is 35.2 Å². The Morgan fingerprint density at radius 3 is 2.89 bits per heavy atom. The molecular formula is C12H15NO4S. The molecule has 6 heteroatoms. The van der Waals surface area contributed by atoms with Crippen LogP contribution in [0.4, 0.5) is 0 Å². The van der Waals surface area contributed by atoms with Gasteiger partial charge in [0.25, 0.3) is 0 Å². The molecule has 0 saturated carbocycles. The lowest BCUT2D eigenvalue weighted by Crippen LogP contribution is -2.29. The van der Waals surface area contributed by atoms with Crippen LogP contribution >= 0.6 is 0 Å². The van der Waals surface area contributed by atoms with Gasteiger partial charge in [0, 0.05) is 23.6 Å². The summed E-state index contributed by atoms with van der Waals surface area (Å²) >= 11 is 0. The summed E-state index contributed by atoms with van der Waals surface area (Å²) in [6.07, 6.45) is 1.62. The molecular weight excluding hydrogens is 254 g/mol. The van der Waals surface area contributed by atoms with Gasteiger partial charge in [-0.2, -0.15) is 0 Å². The first kappa shape index (κ1) is 12.9. The highest BCUT2D eigenvalue weighted by Gasteiger charge is 2.21. The van der Waals surface area contributed by atoms with Crippen molar-refractivity contribution in [2.24, 2.45) is 0 Å². The summed E-state index contributed by atoms with van der Waals surface area (Å²) in [4.78, 5) is 0. The normalized spacial score (nSPS) is 21.1. The summed E-state index contributed by atoms with van der Waals surface area (Å²) in [5.74, 6) is 0.880. The van der Waals surface area contributed by atoms with Crippen LogP contribution in [0.25, 0.3) is 0 Å². The first-order valence-corrected chi connectivity index (χ1v) is 7.22. The SMILES string of the molecule is COc1ccc(O)c(CNC2C=CS(=O)(=O)C2)c1. The van der Waals surface area contributed by atoms with Crippen molar-refractivity contribution in [2.75, 3.05) is 12.9 Å². The molecule has 1 heterocycles. The third-order valence-electron chi connectivity index (χ3n) is 2.77. The molecule has 1 aliphatic rings. The van der Waals surface area contributed by atoms with E-state index in [9.17, 15) is 13.5 Å². The maximum absolute atomic E-state index is 11.2. The Hall–Kier alpha value is -1.53. The highest BCUT2D eigenvalue weighted by Crippen LogP contribution is 2.23. The largest absolute Gasteiger partial charge is 0.508 e. The van der Waals surface area contributed by atoms with Gasteiger partial charge in [-0.1, -0.05) is 6.08 Å². The second-order valence-electron chi connectivity index (χ2n) is 4.14. The van der Waals surface area contributed by atoms with Gasteiger partial charge >= 0.3 is 0 Å². The van der Waals surface area contributed by atoms with E-state index in [0.29, 0.717) is 17.9 Å². The molecule has 0 amide bonds. The van der Waals surface area contributed by atoms with Crippen LogP contribution in [0.15, 0.2) is 29.7 Å². The lowest BCUT2D eigenvalue weighted by atomic mass is 10.2. The van der Waals surface area contributed by atoms with E-state index in [4.69, 9.17) is 4.74 Å². The zero-order valence-corrected chi connectivity index (χ0v) is 10.8. The molecule has 1 aromatic rings. The van der Waals surface area contributed by atoms with Crippen LogP contribution in [-0.4, -0.2) is 32.4 Å². The maximum atomic E-state index is 11.2. The Bertz CT molecular complexity index is 565. The number of phenolic OH excluding ortho intramolecular Hbond substituents is 1. The summed E-state index contributed by atoms with van der Waals surface area (Å²) in [7, 11) is -1.50. The van der Waals surface area contributed by atoms with Crippen LogP contribution in [0.1, 0.15) is 5.56 Å². The Kier molecular flexibility index (Phi) is 3.58. The van der Waals surface area contributed by atoms with E-state index in [0.717, 1.165) is 0 Å². The lowest BCUT2D eigenvalue weighted by molar-refractivity contribution is 0.410. The van der Waals surface area contributed by atoms with Crippen LogP contribution in [-0.2, 0) is 16.4 Å². The van der Waals surface area contributed by atoms with Crippen molar-refractivity contribution in [3.63, 3.8) is 0 Å². The van der Waals surface area contributed by atoms with E-state index >= 15 is 0 Å². The van der Waals surface area contributed by atoms with Crippen LogP contribution < -0.4 is 10.1 Å². The molecule has 1 aromatic carbocycles. The van der Waals surface area contributed by atoms with Gasteiger partial charge in [-0.05, 0) is 18.2 Å². The minimum Gasteiger partial charge on any atom is -0.508 e. The van der Waals surface area contributed by atoms with Crippen molar-refractivity contribution in [1.82, 2.24) is 5.32 Å². The number of benzene rings is 1. The maximum Gasteiger partial charge on any atom is 0.173 e. The van der Waals surface area contributed by atoms with E-state index in [1.165, 1.54) is 5.41 Å². The van der Waals surface area contributed by atoms with Gasteiger partial charge in [-0.15, -0.1) is 0 Å². The fourth-order valence-electron chi connectivity index (χ4n) is 1.77. The van der Waals surface area contributed by atoms with Gasteiger partial charge in [0.05, 0.1) is 12.9 Å². The number of rotatable bonds is 4. The standard InChI is InChI=1S/C12H15NO4S/c1-17-11-2-3-12(14)9(6-11)7-13-10-4-5-18(15,16)8-10/h2-6,10,13-14H,7-8H2,1H3. The Balaban J connectivity index is 2.01. The second kappa shape index (κ2) is 4.99. The molecule has 0 radical (unpaired) electrons. The van der Waals surface area contributed by atoms with E-state index in [2.05, 4.69) is 5.32 Å². The molecule has 0 aliphatic carbocycles. The van der Waals surface area contributed by atoms with E-state index < -0.39 is 9.84 Å². The highest BCUT2D eigenvalue weighted by molar-refractivity contribution is 7.94. The molecule has 5 nitrogen and oxygen atoms in total. The third-order valence-corrected chi connectivity index (χ3v) is 4.17. The van der Waals surface area contributed by atoms with Crippen molar-refractivity contribution in [3.8, 4) is 11.5 Å². The first-order valence-electron chi connectivity index (χ1n) is 5.50. The topological polar surface area (TPSA) is 75.6 Å². The van der Waals surface area contributed by atoms with Crippen molar-refractivity contribution < 1.29 is 18.3 Å². The smallest absolute Gasteiger partial charge is 0.173 e. The summed E-state index contributed by atoms with van der Waals surface area (Å²) in [6.45, 7) is 0.382. The number of sulfone groups is 1. The molecule has 0 bridgehead atoms. The molecule has 18 heavy (non-hydrogen) atoms. The average molecular weight is 269 g/mol. The van der Waals surface area contributed by atoms with Gasteiger partial charge in [0.2, 0.25) is 0 Å². The lowest BCUT2D eigenvalue weighted by Gasteiger charge is -2.11. The second-order valence-corrected chi connectivity index (χ2v) is 6.07. The predicted octanol–water partition coefficient (Wildman–Crippen LogP) is 0.801. The minimum atomic E-state index is -3.05. The van der Waals surface area contributed by atoms with Crippen LogP contribution in [0.2, 0.25) is 0 Å². The minimum absolute atomic E-state index is 0.0672. The van der Waals surface area contributed by atoms with E-state index in [-0.39, 0.29) is 17.5 Å². The van der Waals surface area contributed by atoms with Gasteiger partial charge in [0.15, 0.2) is 9.84 Å². The number of ether oxygens (including phenoxy) is 1. The zero-order valence-electron chi connectivity index (χ0n) is 9.96. The number of phenols is 1. The van der Waals surface area contributed by atoms with E-state index in [1.807, 2.05) is 0 Å². The van der Waals surface area contributed by atoms with Crippen LogP contribution in [0.3, 0.4) is 0 Å². The molecule has 1 atom stereocenters. The number of hydrogen-bond donors (Lipinski definition) is 2. The molecule has 0 aromatic heterocycles. The number of nitrogens with one attached hydrogen (secondary N) is 1. The average Bonchev–Trinajstić information content (AvgIpc) is 2.68. The summed E-state index contributed by atoms with van der Waals surface area (Å²) in [6, 6.07) is 4.73. The van der Waals surface area contributed by atoms with Gasteiger partial charge in [0.1, 0.15) is 11.5 Å². The Morgan fingerprint density at radius 1 is 1.50 bits per heavy atom. The zero-order chi connectivity index (χ0) is 13.2. The van der Waals surface area contributed by atoms with Gasteiger partial charge in [-0.25, -0.2) is 8.42 Å². The number of hydrogen-bond acceptors (Lipinski definition) is 5. The van der Waals surface area contributed by atoms with Crippen molar-refractivity contribution in [1.29, 1.82) is 0 Å². The molecule has 0 fully saturated rings. The molecule has 98 valence electrons. The van der Waals surface area contributed by atoms with Crippen molar-refractivity contribution >= 4 is 9.84 Å². The molecule has 2 N–H and O–H groups in total. The molecule has 0 spiro atoms. The first-order chi connectivity index (χ1) is 8.50. The predicted molar refractivity (Wildman–Crippen MR) is 68.2 cm³/mol. The Morgan fingerprint density at radius 2 is 2.28 bits per heavy atom. The number of methoxy groups -OCH3 is 1. The van der Waals surface area contributed by atoms with Crippen molar-refractivity contribution in [2.45, 2.75) is 12.6 Å².